The zero-order valence-corrected chi connectivity index (χ0v) is 9.59. The molecule has 90 valence electrons. The molecule has 0 bridgehead atoms. The Labute approximate surface area is 98.7 Å². The van der Waals surface area contributed by atoms with Crippen LogP contribution in [0.5, 0.6) is 0 Å². The molecule has 2 aromatic heterocycles. The van der Waals surface area contributed by atoms with Crippen LogP contribution in [-0.2, 0) is 4.79 Å². The van der Waals surface area contributed by atoms with Crippen LogP contribution in [0.15, 0.2) is 29.0 Å². The third-order valence-electron chi connectivity index (χ3n) is 2.64. The van der Waals surface area contributed by atoms with E-state index in [0.29, 0.717) is 13.1 Å². The van der Waals surface area contributed by atoms with Gasteiger partial charge in [0.15, 0.2) is 0 Å². The number of hydrogen-bond donors (Lipinski definition) is 1. The molecule has 0 radical (unpaired) electrons. The van der Waals surface area contributed by atoms with Gasteiger partial charge in [-0.2, -0.15) is 0 Å². The molecule has 2 heterocycles. The minimum absolute atomic E-state index is 0.101. The summed E-state index contributed by atoms with van der Waals surface area (Å²) in [6, 6.07) is 3.64. The van der Waals surface area contributed by atoms with E-state index in [1.807, 2.05) is 17.9 Å². The van der Waals surface area contributed by atoms with E-state index in [1.165, 1.54) is 0 Å². The molecule has 0 saturated carbocycles. The van der Waals surface area contributed by atoms with Crippen LogP contribution in [0.1, 0.15) is 13.3 Å². The molecule has 2 aromatic rings. The first-order valence-electron chi connectivity index (χ1n) is 5.51. The number of furan rings is 1. The van der Waals surface area contributed by atoms with Crippen LogP contribution in [0.2, 0.25) is 0 Å². The second kappa shape index (κ2) is 4.86. The van der Waals surface area contributed by atoms with E-state index >= 15 is 0 Å². The van der Waals surface area contributed by atoms with Crippen molar-refractivity contribution in [2.45, 2.75) is 13.3 Å². The predicted octanol–water partition coefficient (Wildman–Crippen LogP) is 2.13. The first kappa shape index (κ1) is 11.4. The van der Waals surface area contributed by atoms with Crippen molar-refractivity contribution in [3.05, 3.63) is 24.6 Å². The van der Waals surface area contributed by atoms with Crippen LogP contribution in [0, 0.1) is 0 Å². The molecule has 17 heavy (non-hydrogen) atoms. The molecule has 2 rings (SSSR count). The number of carboxylic acids is 1. The van der Waals surface area contributed by atoms with Crippen LogP contribution in [-0.4, -0.2) is 29.1 Å². The maximum Gasteiger partial charge on any atom is 0.305 e. The summed E-state index contributed by atoms with van der Waals surface area (Å²) < 4.78 is 5.30. The summed E-state index contributed by atoms with van der Waals surface area (Å²) in [5.74, 6) is -0.0252. The van der Waals surface area contributed by atoms with Crippen molar-refractivity contribution >= 4 is 22.8 Å². The van der Waals surface area contributed by atoms with Crippen molar-refractivity contribution in [3.63, 3.8) is 0 Å². The van der Waals surface area contributed by atoms with E-state index in [0.717, 1.165) is 16.8 Å². The Balaban J connectivity index is 2.29. The van der Waals surface area contributed by atoms with E-state index in [2.05, 4.69) is 4.98 Å². The lowest BCUT2D eigenvalue weighted by Gasteiger charge is -2.21. The Bertz CT molecular complexity index is 521. The van der Waals surface area contributed by atoms with Gasteiger partial charge < -0.3 is 14.4 Å². The summed E-state index contributed by atoms with van der Waals surface area (Å²) in [6.45, 7) is 3.14. The molecule has 0 aromatic carbocycles. The molecule has 0 spiro atoms. The van der Waals surface area contributed by atoms with E-state index in [9.17, 15) is 4.79 Å². The van der Waals surface area contributed by atoms with Gasteiger partial charge in [-0.1, -0.05) is 0 Å². The van der Waals surface area contributed by atoms with Gasteiger partial charge in [0.2, 0.25) is 0 Å². The molecule has 0 aliphatic carbocycles. The van der Waals surface area contributed by atoms with Crippen LogP contribution < -0.4 is 4.90 Å². The lowest BCUT2D eigenvalue weighted by molar-refractivity contribution is -0.136. The Morgan fingerprint density at radius 1 is 1.53 bits per heavy atom. The van der Waals surface area contributed by atoms with Crippen molar-refractivity contribution in [1.29, 1.82) is 0 Å². The number of aromatic nitrogens is 1. The molecule has 1 N–H and O–H groups in total. The first-order valence-corrected chi connectivity index (χ1v) is 5.51. The molecule has 0 saturated heterocycles. The third-order valence-corrected chi connectivity index (χ3v) is 2.64. The molecular formula is C12H14N2O3. The zero-order valence-electron chi connectivity index (χ0n) is 9.59. The van der Waals surface area contributed by atoms with Gasteiger partial charge in [0.05, 0.1) is 18.1 Å². The molecule has 5 heteroatoms. The molecule has 0 fully saturated rings. The average Bonchev–Trinajstić information content (AvgIpc) is 2.78. The first-order chi connectivity index (χ1) is 8.22. The molecule has 0 amide bonds. The standard InChI is InChI=1S/C12H14N2O3/c1-2-14(7-4-11(15)16)12-9-5-8-17-10(9)3-6-13-12/h3,5-6,8H,2,4,7H2,1H3,(H,15,16). The third kappa shape index (κ3) is 2.38. The van der Waals surface area contributed by atoms with Gasteiger partial charge in [-0.3, -0.25) is 4.79 Å². The van der Waals surface area contributed by atoms with Crippen LogP contribution in [0.4, 0.5) is 5.82 Å². The quantitative estimate of drug-likeness (QED) is 0.858. The highest BCUT2D eigenvalue weighted by Gasteiger charge is 2.12. The largest absolute Gasteiger partial charge is 0.481 e. The van der Waals surface area contributed by atoms with Gasteiger partial charge in [-0.15, -0.1) is 0 Å². The van der Waals surface area contributed by atoms with E-state index < -0.39 is 5.97 Å². The van der Waals surface area contributed by atoms with Gasteiger partial charge in [-0.25, -0.2) is 4.98 Å². The minimum atomic E-state index is -0.803. The summed E-state index contributed by atoms with van der Waals surface area (Å²) in [7, 11) is 0. The number of hydrogen-bond acceptors (Lipinski definition) is 4. The SMILES string of the molecule is CCN(CCC(=O)O)c1nccc2occc12. The summed E-state index contributed by atoms with van der Waals surface area (Å²) in [6.07, 6.45) is 3.38. The van der Waals surface area contributed by atoms with Gasteiger partial charge in [0, 0.05) is 19.3 Å². The smallest absolute Gasteiger partial charge is 0.305 e. The van der Waals surface area contributed by atoms with Crippen molar-refractivity contribution < 1.29 is 14.3 Å². The topological polar surface area (TPSA) is 66.6 Å². The van der Waals surface area contributed by atoms with Gasteiger partial charge >= 0.3 is 5.97 Å². The number of fused-ring (bicyclic) bond motifs is 1. The summed E-state index contributed by atoms with van der Waals surface area (Å²) >= 11 is 0. The maximum atomic E-state index is 10.6. The van der Waals surface area contributed by atoms with Gasteiger partial charge in [0.25, 0.3) is 0 Å². The zero-order chi connectivity index (χ0) is 12.3. The fraction of sp³-hybridized carbons (Fsp3) is 0.333. The van der Waals surface area contributed by atoms with Crippen LogP contribution >= 0.6 is 0 Å². The number of pyridine rings is 1. The monoisotopic (exact) mass is 234 g/mol. The van der Waals surface area contributed by atoms with Gasteiger partial charge in [-0.05, 0) is 19.1 Å². The highest BCUT2D eigenvalue weighted by Crippen LogP contribution is 2.25. The number of nitrogens with zero attached hydrogens (tertiary/aromatic N) is 2. The molecular weight excluding hydrogens is 220 g/mol. The number of carboxylic acid groups (broad SMARTS) is 1. The molecule has 0 aliphatic rings. The Morgan fingerprint density at radius 2 is 2.35 bits per heavy atom. The second-order valence-electron chi connectivity index (χ2n) is 3.69. The normalized spacial score (nSPS) is 10.6. The molecule has 0 unspecified atom stereocenters. The molecule has 0 aliphatic heterocycles. The number of carbonyl (C=O) groups is 1. The highest BCUT2D eigenvalue weighted by atomic mass is 16.4. The summed E-state index contributed by atoms with van der Waals surface area (Å²) in [5.41, 5.74) is 0.767. The number of aliphatic carboxylic acids is 1. The lowest BCUT2D eigenvalue weighted by Crippen LogP contribution is -2.26. The Hall–Kier alpha value is -2.04. The highest BCUT2D eigenvalue weighted by molar-refractivity contribution is 5.88. The minimum Gasteiger partial charge on any atom is -0.481 e. The molecule has 5 nitrogen and oxygen atoms in total. The maximum absolute atomic E-state index is 10.6. The second-order valence-corrected chi connectivity index (χ2v) is 3.69. The Morgan fingerprint density at radius 3 is 3.06 bits per heavy atom. The molecule has 0 atom stereocenters. The van der Waals surface area contributed by atoms with Crippen molar-refractivity contribution in [2.75, 3.05) is 18.0 Å². The number of rotatable bonds is 5. The Kier molecular flexibility index (Phi) is 3.27. The fourth-order valence-corrected chi connectivity index (χ4v) is 1.78. The van der Waals surface area contributed by atoms with Gasteiger partial charge in [0.1, 0.15) is 11.4 Å². The van der Waals surface area contributed by atoms with Crippen molar-refractivity contribution in [3.8, 4) is 0 Å². The lowest BCUT2D eigenvalue weighted by atomic mass is 10.2. The summed E-state index contributed by atoms with van der Waals surface area (Å²) in [4.78, 5) is 16.8. The summed E-state index contributed by atoms with van der Waals surface area (Å²) in [5, 5.41) is 9.63. The van der Waals surface area contributed by atoms with E-state index in [1.54, 1.807) is 18.5 Å². The van der Waals surface area contributed by atoms with E-state index in [-0.39, 0.29) is 6.42 Å². The fourth-order valence-electron chi connectivity index (χ4n) is 1.78. The number of anilines is 1. The predicted molar refractivity (Wildman–Crippen MR) is 64.1 cm³/mol. The van der Waals surface area contributed by atoms with Crippen LogP contribution in [0.25, 0.3) is 11.0 Å². The van der Waals surface area contributed by atoms with Crippen molar-refractivity contribution in [1.82, 2.24) is 4.98 Å². The van der Waals surface area contributed by atoms with Crippen molar-refractivity contribution in [2.24, 2.45) is 0 Å². The van der Waals surface area contributed by atoms with Crippen LogP contribution in [0.3, 0.4) is 0 Å². The van der Waals surface area contributed by atoms with E-state index in [4.69, 9.17) is 9.52 Å². The average molecular weight is 234 g/mol.